The highest BCUT2D eigenvalue weighted by atomic mass is 32.2. The summed E-state index contributed by atoms with van der Waals surface area (Å²) in [6.45, 7) is 1.44. The smallest absolute Gasteiger partial charge is 0.260 e. The average Bonchev–Trinajstić information content (AvgIpc) is 2.76. The summed E-state index contributed by atoms with van der Waals surface area (Å²) in [5, 5.41) is 4.18. The SMILES string of the molecule is CC/C(=N\NC(=O)CN(c1ccccc1OC)S(C)(=O)=O)c1ccc(OC)c(OC)c1. The molecule has 0 fully saturated rings. The van der Waals surface area contributed by atoms with Crippen LogP contribution in [-0.4, -0.2) is 54.2 Å². The van der Waals surface area contributed by atoms with Crippen molar-refractivity contribution < 1.29 is 27.4 Å². The third-order valence-corrected chi connectivity index (χ3v) is 5.54. The summed E-state index contributed by atoms with van der Waals surface area (Å²) in [7, 11) is 0.761. The Morgan fingerprint density at radius 2 is 1.65 bits per heavy atom. The van der Waals surface area contributed by atoms with E-state index in [0.29, 0.717) is 29.4 Å². The fourth-order valence-electron chi connectivity index (χ4n) is 2.88. The van der Waals surface area contributed by atoms with E-state index in [2.05, 4.69) is 10.5 Å². The van der Waals surface area contributed by atoms with Crippen LogP contribution in [0.15, 0.2) is 47.6 Å². The first-order valence-electron chi connectivity index (χ1n) is 9.43. The Kier molecular flexibility index (Phi) is 8.26. The first-order valence-corrected chi connectivity index (χ1v) is 11.3. The highest BCUT2D eigenvalue weighted by Gasteiger charge is 2.23. The van der Waals surface area contributed by atoms with Crippen LogP contribution in [0.2, 0.25) is 0 Å². The van der Waals surface area contributed by atoms with Crippen LogP contribution in [-0.2, 0) is 14.8 Å². The van der Waals surface area contributed by atoms with Gasteiger partial charge in [-0.25, -0.2) is 13.8 Å². The quantitative estimate of drug-likeness (QED) is 0.441. The largest absolute Gasteiger partial charge is 0.495 e. The molecule has 0 aliphatic heterocycles. The first-order chi connectivity index (χ1) is 14.7. The molecule has 2 rings (SSSR count). The monoisotopic (exact) mass is 449 g/mol. The van der Waals surface area contributed by atoms with Gasteiger partial charge in [-0.2, -0.15) is 5.10 Å². The maximum absolute atomic E-state index is 12.5. The van der Waals surface area contributed by atoms with Gasteiger partial charge in [0.1, 0.15) is 12.3 Å². The Morgan fingerprint density at radius 3 is 2.23 bits per heavy atom. The molecule has 10 heteroatoms. The molecule has 0 aliphatic rings. The number of anilines is 1. The molecule has 0 unspecified atom stereocenters. The van der Waals surface area contributed by atoms with E-state index in [1.165, 1.54) is 14.2 Å². The van der Waals surface area contributed by atoms with Crippen LogP contribution >= 0.6 is 0 Å². The number of nitrogens with one attached hydrogen (secondary N) is 1. The zero-order chi connectivity index (χ0) is 23.0. The van der Waals surface area contributed by atoms with E-state index in [-0.39, 0.29) is 5.69 Å². The minimum Gasteiger partial charge on any atom is -0.495 e. The maximum atomic E-state index is 12.5. The number of hydrogen-bond donors (Lipinski definition) is 1. The highest BCUT2D eigenvalue weighted by Crippen LogP contribution is 2.29. The molecule has 0 radical (unpaired) electrons. The Bertz CT molecular complexity index is 1050. The maximum Gasteiger partial charge on any atom is 0.260 e. The van der Waals surface area contributed by atoms with Gasteiger partial charge >= 0.3 is 0 Å². The van der Waals surface area contributed by atoms with Gasteiger partial charge in [-0.05, 0) is 36.8 Å². The van der Waals surface area contributed by atoms with E-state index in [4.69, 9.17) is 14.2 Å². The van der Waals surface area contributed by atoms with E-state index in [1.54, 1.807) is 49.6 Å². The van der Waals surface area contributed by atoms with Crippen molar-refractivity contribution in [2.75, 3.05) is 38.4 Å². The molecule has 2 aromatic carbocycles. The van der Waals surface area contributed by atoms with Crippen LogP contribution in [0.1, 0.15) is 18.9 Å². The molecule has 0 spiro atoms. The minimum absolute atomic E-state index is 0.266. The Balaban J connectivity index is 2.25. The number of hydrogen-bond acceptors (Lipinski definition) is 7. The number of sulfonamides is 1. The third-order valence-electron chi connectivity index (χ3n) is 4.41. The predicted molar refractivity (Wildman–Crippen MR) is 120 cm³/mol. The second-order valence-corrected chi connectivity index (χ2v) is 8.37. The van der Waals surface area contributed by atoms with Crippen LogP contribution in [0.25, 0.3) is 0 Å². The number of benzene rings is 2. The number of para-hydroxylation sites is 2. The number of amides is 1. The van der Waals surface area contributed by atoms with E-state index in [0.717, 1.165) is 16.1 Å². The summed E-state index contributed by atoms with van der Waals surface area (Å²) in [6, 6.07) is 11.9. The molecule has 0 saturated carbocycles. The van der Waals surface area contributed by atoms with Crippen molar-refractivity contribution in [1.82, 2.24) is 5.43 Å². The van der Waals surface area contributed by atoms with Gasteiger partial charge in [0.25, 0.3) is 5.91 Å². The number of hydrazone groups is 1. The lowest BCUT2D eigenvalue weighted by atomic mass is 10.1. The van der Waals surface area contributed by atoms with Crippen LogP contribution in [0.4, 0.5) is 5.69 Å². The van der Waals surface area contributed by atoms with Crippen LogP contribution in [0.3, 0.4) is 0 Å². The molecular formula is C21H27N3O6S. The zero-order valence-electron chi connectivity index (χ0n) is 18.2. The molecule has 0 saturated heterocycles. The van der Waals surface area contributed by atoms with Gasteiger partial charge in [-0.1, -0.05) is 19.1 Å². The van der Waals surface area contributed by atoms with Gasteiger partial charge in [-0.15, -0.1) is 0 Å². The average molecular weight is 450 g/mol. The van der Waals surface area contributed by atoms with Gasteiger partial charge in [0.15, 0.2) is 11.5 Å². The Labute approximate surface area is 182 Å². The molecule has 168 valence electrons. The van der Waals surface area contributed by atoms with Crippen molar-refractivity contribution in [1.29, 1.82) is 0 Å². The first kappa shape index (κ1) is 24.0. The predicted octanol–water partition coefficient (Wildman–Crippen LogP) is 2.41. The number of methoxy groups -OCH3 is 3. The highest BCUT2D eigenvalue weighted by molar-refractivity contribution is 7.92. The van der Waals surface area contributed by atoms with Crippen LogP contribution < -0.4 is 23.9 Å². The molecular weight excluding hydrogens is 422 g/mol. The summed E-state index contributed by atoms with van der Waals surface area (Å²) in [6.07, 6.45) is 1.55. The van der Waals surface area contributed by atoms with E-state index < -0.39 is 22.5 Å². The molecule has 0 aliphatic carbocycles. The molecule has 31 heavy (non-hydrogen) atoms. The number of carbonyl (C=O) groups excluding carboxylic acids is 1. The van der Waals surface area contributed by atoms with Crippen molar-refractivity contribution in [2.45, 2.75) is 13.3 Å². The number of rotatable bonds is 10. The summed E-state index contributed by atoms with van der Waals surface area (Å²) in [5.74, 6) is 0.852. The molecule has 9 nitrogen and oxygen atoms in total. The van der Waals surface area contributed by atoms with Crippen molar-refractivity contribution in [3.63, 3.8) is 0 Å². The summed E-state index contributed by atoms with van der Waals surface area (Å²) in [4.78, 5) is 12.5. The summed E-state index contributed by atoms with van der Waals surface area (Å²) in [5.41, 5.74) is 4.04. The fourth-order valence-corrected chi connectivity index (χ4v) is 3.74. The van der Waals surface area contributed by atoms with Crippen molar-refractivity contribution in [3.8, 4) is 17.2 Å². The third kappa shape index (κ3) is 6.11. The van der Waals surface area contributed by atoms with Gasteiger partial charge in [0, 0.05) is 5.56 Å². The fraction of sp³-hybridized carbons (Fsp3) is 0.333. The normalized spacial score (nSPS) is 11.6. The molecule has 0 bridgehead atoms. The van der Waals surface area contributed by atoms with Crippen LogP contribution in [0.5, 0.6) is 17.2 Å². The minimum atomic E-state index is -3.75. The second-order valence-electron chi connectivity index (χ2n) is 6.46. The van der Waals surface area contributed by atoms with E-state index in [1.807, 2.05) is 6.92 Å². The lowest BCUT2D eigenvalue weighted by molar-refractivity contribution is -0.119. The van der Waals surface area contributed by atoms with Gasteiger partial charge in [0.05, 0.1) is 39.0 Å². The van der Waals surface area contributed by atoms with E-state index in [9.17, 15) is 13.2 Å². The molecule has 0 aromatic heterocycles. The lowest BCUT2D eigenvalue weighted by Gasteiger charge is -2.23. The number of nitrogens with zero attached hydrogens (tertiary/aromatic N) is 2. The topological polar surface area (TPSA) is 107 Å². The summed E-state index contributed by atoms with van der Waals surface area (Å²) < 4.78 is 41.4. The number of carbonyl (C=O) groups is 1. The van der Waals surface area contributed by atoms with E-state index >= 15 is 0 Å². The van der Waals surface area contributed by atoms with Gasteiger partial charge in [0.2, 0.25) is 10.0 Å². The standard InChI is InChI=1S/C21H27N3O6S/c1-6-16(15-11-12-19(29-3)20(13-15)30-4)22-23-21(25)14-24(31(5,26)27)17-9-7-8-10-18(17)28-2/h7-13H,6,14H2,1-5H3,(H,23,25)/b22-16+. The van der Waals surface area contributed by atoms with Crippen molar-refractivity contribution in [2.24, 2.45) is 5.10 Å². The molecule has 0 atom stereocenters. The Morgan fingerprint density at radius 1 is 1.00 bits per heavy atom. The summed E-state index contributed by atoms with van der Waals surface area (Å²) >= 11 is 0. The zero-order valence-corrected chi connectivity index (χ0v) is 19.0. The molecule has 1 amide bonds. The second kappa shape index (κ2) is 10.7. The number of ether oxygens (including phenoxy) is 3. The van der Waals surface area contributed by atoms with Gasteiger partial charge in [-0.3, -0.25) is 9.10 Å². The Hall–Kier alpha value is -3.27. The van der Waals surface area contributed by atoms with Gasteiger partial charge < -0.3 is 14.2 Å². The molecule has 1 N–H and O–H groups in total. The van der Waals surface area contributed by atoms with Crippen molar-refractivity contribution in [3.05, 3.63) is 48.0 Å². The lowest BCUT2D eigenvalue weighted by Crippen LogP contribution is -2.39. The molecule has 2 aromatic rings. The molecule has 0 heterocycles. The van der Waals surface area contributed by atoms with Crippen LogP contribution in [0, 0.1) is 0 Å². The van der Waals surface area contributed by atoms with Crippen molar-refractivity contribution >= 4 is 27.3 Å².